The van der Waals surface area contributed by atoms with Crippen LogP contribution < -0.4 is 0 Å². The number of aromatic nitrogens is 1. The van der Waals surface area contributed by atoms with Crippen LogP contribution in [0.1, 0.15) is 30.0 Å². The van der Waals surface area contributed by atoms with Crippen LogP contribution in [-0.4, -0.2) is 4.98 Å². The number of pyridine rings is 1. The number of benzene rings is 2. The van der Waals surface area contributed by atoms with Gasteiger partial charge >= 0.3 is 0 Å². The molecule has 0 unspecified atom stereocenters. The summed E-state index contributed by atoms with van der Waals surface area (Å²) in [5.74, 6) is 0.344. The Morgan fingerprint density at radius 3 is 2.52 bits per heavy atom. The van der Waals surface area contributed by atoms with Gasteiger partial charge in [0.2, 0.25) is 0 Å². The maximum absolute atomic E-state index is 13.2. The van der Waals surface area contributed by atoms with Gasteiger partial charge in [-0.25, -0.2) is 4.39 Å². The quantitative estimate of drug-likeness (QED) is 0.580. The highest BCUT2D eigenvalue weighted by Gasteiger charge is 2.29. The molecule has 0 N–H and O–H groups in total. The largest absolute Gasteiger partial charge is 0.252 e. The summed E-state index contributed by atoms with van der Waals surface area (Å²) in [6, 6.07) is 14.8. The molecule has 1 nitrogen and oxygen atoms in total. The summed E-state index contributed by atoms with van der Waals surface area (Å²) in [4.78, 5) is 7.07. The molecule has 4 rings (SSSR count). The van der Waals surface area contributed by atoms with Crippen molar-refractivity contribution < 1.29 is 4.39 Å². The minimum absolute atomic E-state index is 0.212. The fourth-order valence-corrected chi connectivity index (χ4v) is 3.90. The van der Waals surface area contributed by atoms with Gasteiger partial charge < -0.3 is 0 Å². The summed E-state index contributed by atoms with van der Waals surface area (Å²) in [5.41, 5.74) is 3.30. The molecule has 1 heterocycles. The van der Waals surface area contributed by atoms with E-state index in [-0.39, 0.29) is 5.82 Å². The van der Waals surface area contributed by atoms with Crippen LogP contribution >= 0.6 is 11.8 Å². The predicted octanol–water partition coefficient (Wildman–Crippen LogP) is 6.05. The van der Waals surface area contributed by atoms with Crippen LogP contribution in [0.4, 0.5) is 4.39 Å². The zero-order valence-electron chi connectivity index (χ0n) is 12.6. The van der Waals surface area contributed by atoms with Crippen molar-refractivity contribution in [2.75, 3.05) is 0 Å². The number of hydrogen-bond donors (Lipinski definition) is 0. The summed E-state index contributed by atoms with van der Waals surface area (Å²) in [7, 11) is 0. The Balaban J connectivity index is 1.91. The Hall–Kier alpha value is -2.13. The number of rotatable bonds is 4. The van der Waals surface area contributed by atoms with E-state index in [4.69, 9.17) is 4.98 Å². The molecule has 0 radical (unpaired) electrons. The molecule has 1 aromatic heterocycles. The third-order valence-corrected chi connectivity index (χ3v) is 5.26. The smallest absolute Gasteiger partial charge is 0.123 e. The van der Waals surface area contributed by atoms with Gasteiger partial charge in [0.15, 0.2) is 0 Å². The van der Waals surface area contributed by atoms with Gasteiger partial charge in [0, 0.05) is 26.7 Å². The van der Waals surface area contributed by atoms with Crippen molar-refractivity contribution >= 4 is 28.7 Å². The Labute approximate surface area is 139 Å². The number of hydrogen-bond acceptors (Lipinski definition) is 2. The van der Waals surface area contributed by atoms with Gasteiger partial charge in [-0.05, 0) is 43.2 Å². The normalized spacial score (nSPS) is 14.1. The Morgan fingerprint density at radius 1 is 1.09 bits per heavy atom. The summed E-state index contributed by atoms with van der Waals surface area (Å²) < 4.78 is 13.2. The minimum Gasteiger partial charge on any atom is -0.252 e. The second-order valence-electron chi connectivity index (χ2n) is 5.79. The van der Waals surface area contributed by atoms with Crippen LogP contribution in [-0.2, 0) is 0 Å². The van der Waals surface area contributed by atoms with Crippen molar-refractivity contribution in [2.24, 2.45) is 0 Å². The molecule has 0 aliphatic heterocycles. The van der Waals surface area contributed by atoms with Crippen molar-refractivity contribution in [1.82, 2.24) is 4.98 Å². The van der Waals surface area contributed by atoms with Gasteiger partial charge in [-0.2, -0.15) is 0 Å². The second-order valence-corrected chi connectivity index (χ2v) is 6.88. The molecular weight excluding hydrogens is 305 g/mol. The standard InChI is InChI=1S/C20H16FNS/c1-2-16-19(13-7-8-13)22-18-6-4-3-5-17(18)20(16)23-15-11-9-14(21)10-12-15/h2-6,9-13H,1,7-8H2. The fourth-order valence-electron chi connectivity index (χ4n) is 2.81. The van der Waals surface area contributed by atoms with Gasteiger partial charge in [-0.15, -0.1) is 0 Å². The van der Waals surface area contributed by atoms with Crippen LogP contribution in [0.15, 0.2) is 64.9 Å². The fraction of sp³-hybridized carbons (Fsp3) is 0.150. The lowest BCUT2D eigenvalue weighted by Crippen LogP contribution is -1.96. The van der Waals surface area contributed by atoms with Crippen LogP contribution in [0, 0.1) is 5.82 Å². The van der Waals surface area contributed by atoms with Crippen molar-refractivity contribution in [3.05, 3.63) is 72.2 Å². The Morgan fingerprint density at radius 2 is 1.83 bits per heavy atom. The molecule has 1 fully saturated rings. The highest BCUT2D eigenvalue weighted by Crippen LogP contribution is 2.46. The zero-order valence-corrected chi connectivity index (χ0v) is 13.4. The van der Waals surface area contributed by atoms with E-state index < -0.39 is 0 Å². The first-order valence-electron chi connectivity index (χ1n) is 7.75. The molecule has 1 saturated carbocycles. The lowest BCUT2D eigenvalue weighted by molar-refractivity contribution is 0.626. The third-order valence-electron chi connectivity index (χ3n) is 4.11. The lowest BCUT2D eigenvalue weighted by atomic mass is 10.1. The molecule has 1 aliphatic rings. The van der Waals surface area contributed by atoms with E-state index in [0.717, 1.165) is 27.1 Å². The van der Waals surface area contributed by atoms with Crippen LogP contribution in [0.3, 0.4) is 0 Å². The van der Waals surface area contributed by atoms with Gasteiger partial charge in [0.1, 0.15) is 5.82 Å². The third kappa shape index (κ3) is 2.77. The van der Waals surface area contributed by atoms with E-state index in [2.05, 4.69) is 18.7 Å². The zero-order chi connectivity index (χ0) is 15.8. The molecule has 3 heteroatoms. The average Bonchev–Trinajstić information content (AvgIpc) is 3.41. The van der Waals surface area contributed by atoms with Gasteiger partial charge in [0.25, 0.3) is 0 Å². The van der Waals surface area contributed by atoms with E-state index in [1.54, 1.807) is 11.8 Å². The van der Waals surface area contributed by atoms with Crippen molar-refractivity contribution in [3.8, 4) is 0 Å². The SMILES string of the molecule is C=Cc1c(C2CC2)nc2ccccc2c1Sc1ccc(F)cc1. The first-order valence-corrected chi connectivity index (χ1v) is 8.56. The minimum atomic E-state index is -0.212. The highest BCUT2D eigenvalue weighted by molar-refractivity contribution is 7.99. The van der Waals surface area contributed by atoms with Gasteiger partial charge in [-0.3, -0.25) is 4.98 Å². The van der Waals surface area contributed by atoms with Crippen LogP contribution in [0.2, 0.25) is 0 Å². The number of nitrogens with zero attached hydrogens (tertiary/aromatic N) is 1. The number of fused-ring (bicyclic) bond motifs is 1. The summed E-state index contributed by atoms with van der Waals surface area (Å²) in [6.07, 6.45) is 4.32. The molecule has 0 atom stereocenters. The van der Waals surface area contributed by atoms with Crippen molar-refractivity contribution in [1.29, 1.82) is 0 Å². The Kier molecular flexibility index (Phi) is 3.66. The number of para-hydroxylation sites is 1. The molecule has 0 saturated heterocycles. The summed E-state index contributed by atoms with van der Waals surface area (Å²) in [5, 5.41) is 1.13. The van der Waals surface area contributed by atoms with Crippen LogP contribution in [0.25, 0.3) is 17.0 Å². The van der Waals surface area contributed by atoms with E-state index in [0.29, 0.717) is 5.92 Å². The van der Waals surface area contributed by atoms with Gasteiger partial charge in [-0.1, -0.05) is 42.6 Å². The molecule has 0 spiro atoms. The topological polar surface area (TPSA) is 12.9 Å². The van der Waals surface area contributed by atoms with Crippen molar-refractivity contribution in [2.45, 2.75) is 28.6 Å². The van der Waals surface area contributed by atoms with E-state index >= 15 is 0 Å². The molecule has 0 amide bonds. The molecule has 1 aliphatic carbocycles. The first-order chi connectivity index (χ1) is 11.3. The molecule has 2 aromatic carbocycles. The van der Waals surface area contributed by atoms with E-state index in [9.17, 15) is 4.39 Å². The molecule has 114 valence electrons. The monoisotopic (exact) mass is 321 g/mol. The number of halogens is 1. The lowest BCUT2D eigenvalue weighted by Gasteiger charge is -2.14. The molecule has 3 aromatic rings. The first kappa shape index (κ1) is 14.5. The molecular formula is C20H16FNS. The maximum Gasteiger partial charge on any atom is 0.123 e. The van der Waals surface area contributed by atoms with E-state index in [1.807, 2.05) is 30.3 Å². The predicted molar refractivity (Wildman–Crippen MR) is 94.3 cm³/mol. The Bertz CT molecular complexity index is 882. The molecule has 0 bridgehead atoms. The van der Waals surface area contributed by atoms with E-state index in [1.165, 1.54) is 29.9 Å². The van der Waals surface area contributed by atoms with Crippen LogP contribution in [0.5, 0.6) is 0 Å². The summed E-state index contributed by atoms with van der Waals surface area (Å²) >= 11 is 1.66. The van der Waals surface area contributed by atoms with Gasteiger partial charge in [0.05, 0.1) is 11.2 Å². The summed E-state index contributed by atoms with van der Waals surface area (Å²) in [6.45, 7) is 4.01. The maximum atomic E-state index is 13.2. The van der Waals surface area contributed by atoms with Crippen molar-refractivity contribution in [3.63, 3.8) is 0 Å². The molecule has 23 heavy (non-hydrogen) atoms. The average molecular weight is 321 g/mol. The second kappa shape index (κ2) is 5.82. The highest BCUT2D eigenvalue weighted by atomic mass is 32.2.